The number of benzene rings is 2. The van der Waals surface area contributed by atoms with Crippen molar-refractivity contribution in [3.63, 3.8) is 0 Å². The summed E-state index contributed by atoms with van der Waals surface area (Å²) in [5.74, 6) is 0.582. The molecule has 4 rings (SSSR count). The van der Waals surface area contributed by atoms with Crippen LogP contribution in [0.15, 0.2) is 67.0 Å². The van der Waals surface area contributed by atoms with E-state index in [1.54, 1.807) is 30.6 Å². The number of piperidine rings is 1. The molecule has 0 spiro atoms. The van der Waals surface area contributed by atoms with Gasteiger partial charge in [0, 0.05) is 43.0 Å². The van der Waals surface area contributed by atoms with Gasteiger partial charge in [-0.15, -0.1) is 0 Å². The van der Waals surface area contributed by atoms with E-state index >= 15 is 0 Å². The number of nitrogens with one attached hydrogen (secondary N) is 2. The van der Waals surface area contributed by atoms with Crippen molar-refractivity contribution in [2.75, 3.05) is 28.6 Å². The molecule has 2 aromatic carbocycles. The van der Waals surface area contributed by atoms with Crippen LogP contribution < -0.4 is 15.5 Å². The van der Waals surface area contributed by atoms with E-state index in [4.69, 9.17) is 0 Å². The topological polar surface area (TPSA) is 87.2 Å². The summed E-state index contributed by atoms with van der Waals surface area (Å²) < 4.78 is 0. The molecule has 1 fully saturated rings. The summed E-state index contributed by atoms with van der Waals surface area (Å²) in [7, 11) is 0. The number of nitrogens with zero attached hydrogens (tertiary/aromatic N) is 3. The Kier molecular flexibility index (Phi) is 6.21. The molecule has 1 aliphatic heterocycles. The second kappa shape index (κ2) is 9.38. The number of carbonyl (C=O) groups excluding carboxylic acids is 2. The summed E-state index contributed by atoms with van der Waals surface area (Å²) in [5, 5.41) is 5.71. The normalized spacial score (nSPS) is 15.9. The fourth-order valence-electron chi connectivity index (χ4n) is 3.77. The minimum atomic E-state index is -0.126. The molecule has 0 aliphatic carbocycles. The van der Waals surface area contributed by atoms with E-state index in [0.29, 0.717) is 17.9 Å². The lowest BCUT2D eigenvalue weighted by atomic mass is 9.97. The van der Waals surface area contributed by atoms with Crippen LogP contribution in [0.25, 0.3) is 11.3 Å². The van der Waals surface area contributed by atoms with E-state index in [1.165, 1.54) is 6.92 Å². The summed E-state index contributed by atoms with van der Waals surface area (Å²) in [6.07, 6.45) is 3.34. The van der Waals surface area contributed by atoms with Gasteiger partial charge in [0.15, 0.2) is 0 Å². The van der Waals surface area contributed by atoms with Gasteiger partial charge in [-0.1, -0.05) is 30.3 Å². The maximum Gasteiger partial charge on any atom is 0.229 e. The molecule has 2 heterocycles. The summed E-state index contributed by atoms with van der Waals surface area (Å²) in [4.78, 5) is 35.0. The third kappa shape index (κ3) is 5.25. The Hall–Kier alpha value is -3.74. The van der Waals surface area contributed by atoms with Crippen molar-refractivity contribution >= 4 is 29.0 Å². The standard InChI is InChI=1S/C24H25N5O2/c1-17(30)27-20-9-11-21(12-10-20)28-24(31)19-8-5-13-29(15-19)23-14-22(25-16-26-23)18-6-3-2-4-7-18/h2-4,6-7,9-12,14,16,19H,5,8,13,15H2,1H3,(H,27,30)(H,28,31). The van der Waals surface area contributed by atoms with Gasteiger partial charge < -0.3 is 15.5 Å². The number of anilines is 3. The lowest BCUT2D eigenvalue weighted by molar-refractivity contribution is -0.120. The summed E-state index contributed by atoms with van der Waals surface area (Å²) in [6.45, 7) is 2.94. The van der Waals surface area contributed by atoms with E-state index in [-0.39, 0.29) is 17.7 Å². The van der Waals surface area contributed by atoms with Crippen molar-refractivity contribution in [2.45, 2.75) is 19.8 Å². The van der Waals surface area contributed by atoms with Gasteiger partial charge in [-0.25, -0.2) is 9.97 Å². The third-order valence-electron chi connectivity index (χ3n) is 5.31. The van der Waals surface area contributed by atoms with Crippen LogP contribution >= 0.6 is 0 Å². The first-order valence-corrected chi connectivity index (χ1v) is 10.4. The highest BCUT2D eigenvalue weighted by atomic mass is 16.2. The highest BCUT2D eigenvalue weighted by molar-refractivity contribution is 5.94. The van der Waals surface area contributed by atoms with Crippen molar-refractivity contribution in [1.29, 1.82) is 0 Å². The van der Waals surface area contributed by atoms with Gasteiger partial charge in [-0.05, 0) is 37.1 Å². The zero-order valence-corrected chi connectivity index (χ0v) is 17.4. The molecule has 1 atom stereocenters. The molecule has 1 aliphatic rings. The molecule has 0 bridgehead atoms. The Labute approximate surface area is 181 Å². The second-order valence-electron chi connectivity index (χ2n) is 7.66. The van der Waals surface area contributed by atoms with Crippen molar-refractivity contribution in [3.8, 4) is 11.3 Å². The van der Waals surface area contributed by atoms with Crippen LogP contribution in [0.2, 0.25) is 0 Å². The fraction of sp³-hybridized carbons (Fsp3) is 0.250. The highest BCUT2D eigenvalue weighted by Gasteiger charge is 2.27. The predicted molar refractivity (Wildman–Crippen MR) is 122 cm³/mol. The summed E-state index contributed by atoms with van der Waals surface area (Å²) >= 11 is 0. The number of amides is 2. The molecular weight excluding hydrogens is 390 g/mol. The SMILES string of the molecule is CC(=O)Nc1ccc(NC(=O)C2CCCN(c3cc(-c4ccccc4)ncn3)C2)cc1. The first-order chi connectivity index (χ1) is 15.1. The van der Waals surface area contributed by atoms with Gasteiger partial charge in [0.05, 0.1) is 11.6 Å². The zero-order valence-electron chi connectivity index (χ0n) is 17.4. The van der Waals surface area contributed by atoms with E-state index in [1.807, 2.05) is 36.4 Å². The van der Waals surface area contributed by atoms with Gasteiger partial charge in [-0.3, -0.25) is 9.59 Å². The summed E-state index contributed by atoms with van der Waals surface area (Å²) in [5.41, 5.74) is 3.33. The Bertz CT molecular complexity index is 1050. The van der Waals surface area contributed by atoms with Crippen LogP contribution in [0.1, 0.15) is 19.8 Å². The fourth-order valence-corrected chi connectivity index (χ4v) is 3.77. The van der Waals surface area contributed by atoms with Crippen LogP contribution in [0, 0.1) is 5.92 Å². The second-order valence-corrected chi connectivity index (χ2v) is 7.66. The van der Waals surface area contributed by atoms with Gasteiger partial charge in [0.1, 0.15) is 12.1 Å². The van der Waals surface area contributed by atoms with E-state index < -0.39 is 0 Å². The van der Waals surface area contributed by atoms with E-state index in [2.05, 4.69) is 25.5 Å². The molecular formula is C24H25N5O2. The maximum atomic E-state index is 12.9. The number of hydrogen-bond donors (Lipinski definition) is 2. The molecule has 1 saturated heterocycles. The lowest BCUT2D eigenvalue weighted by Crippen LogP contribution is -2.41. The van der Waals surface area contributed by atoms with Crippen molar-refractivity contribution in [1.82, 2.24) is 9.97 Å². The quantitative estimate of drug-likeness (QED) is 0.659. The van der Waals surface area contributed by atoms with Crippen LogP contribution in [-0.2, 0) is 9.59 Å². The van der Waals surface area contributed by atoms with E-state index in [0.717, 1.165) is 36.5 Å². The van der Waals surface area contributed by atoms with Crippen LogP contribution in [0.5, 0.6) is 0 Å². The minimum absolute atomic E-state index is 0.00526. The predicted octanol–water partition coefficient (Wildman–Crippen LogP) is 3.96. The minimum Gasteiger partial charge on any atom is -0.356 e. The molecule has 158 valence electrons. The molecule has 3 aromatic rings. The van der Waals surface area contributed by atoms with Crippen LogP contribution in [0.4, 0.5) is 17.2 Å². The average Bonchev–Trinajstić information content (AvgIpc) is 2.81. The Morgan fingerprint density at radius 3 is 2.39 bits per heavy atom. The van der Waals surface area contributed by atoms with Crippen LogP contribution in [0.3, 0.4) is 0 Å². The molecule has 2 amide bonds. The molecule has 31 heavy (non-hydrogen) atoms. The first-order valence-electron chi connectivity index (χ1n) is 10.4. The van der Waals surface area contributed by atoms with Gasteiger partial charge in [0.2, 0.25) is 11.8 Å². The molecule has 7 heteroatoms. The van der Waals surface area contributed by atoms with E-state index in [9.17, 15) is 9.59 Å². The number of aromatic nitrogens is 2. The lowest BCUT2D eigenvalue weighted by Gasteiger charge is -2.33. The molecule has 0 saturated carbocycles. The highest BCUT2D eigenvalue weighted by Crippen LogP contribution is 2.26. The first kappa shape index (κ1) is 20.5. The number of carbonyl (C=O) groups is 2. The van der Waals surface area contributed by atoms with Gasteiger partial charge in [-0.2, -0.15) is 0 Å². The van der Waals surface area contributed by atoms with Gasteiger partial charge >= 0.3 is 0 Å². The number of hydrogen-bond acceptors (Lipinski definition) is 5. The van der Waals surface area contributed by atoms with Crippen LogP contribution in [-0.4, -0.2) is 34.9 Å². The largest absolute Gasteiger partial charge is 0.356 e. The summed E-state index contributed by atoms with van der Waals surface area (Å²) in [6, 6.07) is 19.1. The molecule has 1 aromatic heterocycles. The van der Waals surface area contributed by atoms with Crippen molar-refractivity contribution in [3.05, 3.63) is 67.0 Å². The molecule has 7 nitrogen and oxygen atoms in total. The van der Waals surface area contributed by atoms with Crippen molar-refractivity contribution in [2.24, 2.45) is 5.92 Å². The van der Waals surface area contributed by atoms with Gasteiger partial charge in [0.25, 0.3) is 0 Å². The Morgan fingerprint density at radius 1 is 0.968 bits per heavy atom. The smallest absolute Gasteiger partial charge is 0.229 e. The number of rotatable bonds is 5. The Balaban J connectivity index is 1.41. The van der Waals surface area contributed by atoms with Crippen molar-refractivity contribution < 1.29 is 9.59 Å². The molecule has 1 unspecified atom stereocenters. The third-order valence-corrected chi connectivity index (χ3v) is 5.31. The molecule has 2 N–H and O–H groups in total. The monoisotopic (exact) mass is 415 g/mol. The zero-order chi connectivity index (χ0) is 21.6. The maximum absolute atomic E-state index is 12.9. The molecule has 0 radical (unpaired) electrons. The average molecular weight is 415 g/mol. The Morgan fingerprint density at radius 2 is 1.68 bits per heavy atom.